The number of fused-ring (bicyclic) bond motifs is 6. The molecule has 0 spiro atoms. The molecule has 0 aliphatic carbocycles. The number of nitrogens with zero attached hydrogens (tertiary/aromatic N) is 9. The maximum atomic E-state index is 6.31. The summed E-state index contributed by atoms with van der Waals surface area (Å²) in [7, 11) is -2.66. The molecule has 0 unspecified atom stereocenters. The minimum atomic E-state index is -2.66. The Hall–Kier alpha value is -2.39. The van der Waals surface area contributed by atoms with Gasteiger partial charge in [-0.2, -0.15) is 15.3 Å². The molecule has 0 radical (unpaired) electrons. The zero-order chi connectivity index (χ0) is 29.7. The third-order valence-corrected chi connectivity index (χ3v) is 11.1. The summed E-state index contributed by atoms with van der Waals surface area (Å²) in [6.07, 6.45) is 0.949. The Kier molecular flexibility index (Phi) is 10.3. The van der Waals surface area contributed by atoms with Crippen molar-refractivity contribution < 1.29 is 13.3 Å². The van der Waals surface area contributed by atoms with Crippen LogP contribution in [-0.4, -0.2) is 112 Å². The second-order valence-electron chi connectivity index (χ2n) is 11.9. The van der Waals surface area contributed by atoms with Crippen molar-refractivity contribution in [2.24, 2.45) is 0 Å². The summed E-state index contributed by atoms with van der Waals surface area (Å²) in [6, 6.07) is 7.24. The topological polar surface area (TPSA) is 90.9 Å². The van der Waals surface area contributed by atoms with Crippen molar-refractivity contribution in [3.05, 3.63) is 52.4 Å². The first-order valence-corrected chi connectivity index (χ1v) is 17.2. The third kappa shape index (κ3) is 8.16. The number of aromatic nitrogens is 6. The minimum Gasteiger partial charge on any atom is -0.372 e. The molecule has 13 heteroatoms. The highest BCUT2D eigenvalue weighted by Gasteiger charge is 2.43. The summed E-state index contributed by atoms with van der Waals surface area (Å²) in [5.41, 5.74) is 6.62. The smallest absolute Gasteiger partial charge is 0.372 e. The fourth-order valence-corrected chi connectivity index (χ4v) is 8.41. The summed E-state index contributed by atoms with van der Waals surface area (Å²) in [6.45, 7) is 22.3. The van der Waals surface area contributed by atoms with Gasteiger partial charge in [0, 0.05) is 55.8 Å². The number of hydrogen-bond acceptors (Lipinski definition) is 9. The number of rotatable bonds is 13. The van der Waals surface area contributed by atoms with E-state index in [1.54, 1.807) is 0 Å². The van der Waals surface area contributed by atoms with E-state index >= 15 is 0 Å². The van der Waals surface area contributed by atoms with Gasteiger partial charge in [0.2, 0.25) is 0 Å². The van der Waals surface area contributed by atoms with Crippen molar-refractivity contribution in [1.82, 2.24) is 44.0 Å². The van der Waals surface area contributed by atoms with Gasteiger partial charge in [0.25, 0.3) is 0 Å². The van der Waals surface area contributed by atoms with E-state index in [2.05, 4.69) is 74.6 Å². The molecule has 3 aromatic heterocycles. The van der Waals surface area contributed by atoms with Crippen LogP contribution in [-0.2, 0) is 33.3 Å². The molecule has 3 aromatic rings. The van der Waals surface area contributed by atoms with Crippen molar-refractivity contribution in [3.63, 3.8) is 0 Å². The van der Waals surface area contributed by atoms with E-state index in [0.29, 0.717) is 33.2 Å². The van der Waals surface area contributed by atoms with Crippen molar-refractivity contribution in [1.29, 1.82) is 0 Å². The molecule has 3 aliphatic rings. The van der Waals surface area contributed by atoms with E-state index < -0.39 is 8.80 Å². The van der Waals surface area contributed by atoms with Crippen LogP contribution >= 0.6 is 0 Å². The normalized spacial score (nSPS) is 21.3. The lowest BCUT2D eigenvalue weighted by atomic mass is 10.4. The van der Waals surface area contributed by atoms with Crippen LogP contribution in [0.1, 0.15) is 40.6 Å². The predicted octanol–water partition coefficient (Wildman–Crippen LogP) is 2.71. The van der Waals surface area contributed by atoms with Crippen LogP contribution in [0.2, 0.25) is 6.04 Å². The maximum Gasteiger partial charge on any atom is 0.501 e. The van der Waals surface area contributed by atoms with E-state index in [9.17, 15) is 0 Å². The molecule has 0 N–H and O–H groups in total. The van der Waals surface area contributed by atoms with Crippen LogP contribution in [0, 0.1) is 41.5 Å². The van der Waals surface area contributed by atoms with Gasteiger partial charge in [-0.25, -0.2) is 0 Å². The molecule has 6 rings (SSSR count). The van der Waals surface area contributed by atoms with Crippen LogP contribution in [0.15, 0.2) is 18.2 Å². The van der Waals surface area contributed by atoms with Gasteiger partial charge in [0.05, 0.1) is 56.9 Å². The summed E-state index contributed by atoms with van der Waals surface area (Å²) in [4.78, 5) is 7.27. The molecule has 0 amide bonds. The second kappa shape index (κ2) is 13.9. The first kappa shape index (κ1) is 31.0. The van der Waals surface area contributed by atoms with Gasteiger partial charge in [-0.05, 0) is 72.7 Å². The number of aryl methyl sites for hydroxylation is 6. The van der Waals surface area contributed by atoms with Gasteiger partial charge in [0.15, 0.2) is 0 Å². The molecule has 0 saturated carbocycles. The molecule has 12 nitrogen and oxygen atoms in total. The summed E-state index contributed by atoms with van der Waals surface area (Å²) in [5.74, 6) is 0. The first-order valence-electron chi connectivity index (χ1n) is 15.3. The molecular formula is C29H49N9O3Si. The van der Waals surface area contributed by atoms with Crippen LogP contribution in [0.4, 0.5) is 0 Å². The highest BCUT2D eigenvalue weighted by atomic mass is 28.4. The Morgan fingerprint density at radius 3 is 1.43 bits per heavy atom. The number of hydrogen-bond donors (Lipinski definition) is 0. The van der Waals surface area contributed by atoms with E-state index in [1.165, 1.54) is 5.69 Å². The zero-order valence-electron chi connectivity index (χ0n) is 26.4. The fraction of sp³-hybridized carbons (Fsp3) is 0.690. The molecule has 42 heavy (non-hydrogen) atoms. The monoisotopic (exact) mass is 599 g/mol. The lowest BCUT2D eigenvalue weighted by molar-refractivity contribution is -0.00904. The van der Waals surface area contributed by atoms with Crippen molar-refractivity contribution in [2.75, 3.05) is 59.1 Å². The SMILES string of the molecule is Cc1cc(C)n(CN(CCC[Si]23OCCN(CCO2)CCO3)CCN(Cn2nc(C)cc2C)Cn2nc(C)cc2C)n1. The quantitative estimate of drug-likeness (QED) is 0.275. The van der Waals surface area contributed by atoms with Gasteiger partial charge in [-0.3, -0.25) is 28.7 Å². The molecule has 3 fully saturated rings. The standard InChI is InChI=1S/C29H49N9O3Si/c1-24-18-27(4)36(30-24)21-34(8-7-17-42-39-14-11-33(12-15-40-42)13-16-41-42)9-10-35(22-37-28(5)19-25(2)31-37)23-38-29(6)20-26(3)32-38/h18-20H,7-17,21-23H2,1-6H3. The highest BCUT2D eigenvalue weighted by molar-refractivity contribution is 6.60. The van der Waals surface area contributed by atoms with Crippen LogP contribution < -0.4 is 0 Å². The molecule has 0 aromatic carbocycles. The summed E-state index contributed by atoms with van der Waals surface area (Å²) >= 11 is 0. The lowest BCUT2D eigenvalue weighted by Crippen LogP contribution is -2.55. The average molecular weight is 600 g/mol. The van der Waals surface area contributed by atoms with Crippen LogP contribution in [0.3, 0.4) is 0 Å². The van der Waals surface area contributed by atoms with Crippen molar-refractivity contribution >= 4 is 8.80 Å². The van der Waals surface area contributed by atoms with Gasteiger partial charge in [0.1, 0.15) is 0 Å². The lowest BCUT2D eigenvalue weighted by Gasteiger charge is -2.38. The molecular weight excluding hydrogens is 550 g/mol. The van der Waals surface area contributed by atoms with Gasteiger partial charge < -0.3 is 13.3 Å². The van der Waals surface area contributed by atoms with Gasteiger partial charge in [-0.15, -0.1) is 0 Å². The average Bonchev–Trinajstić information content (AvgIpc) is 3.50. The largest absolute Gasteiger partial charge is 0.501 e. The van der Waals surface area contributed by atoms with E-state index in [4.69, 9.17) is 28.6 Å². The molecule has 2 bridgehead atoms. The van der Waals surface area contributed by atoms with Crippen LogP contribution in [0.25, 0.3) is 0 Å². The predicted molar refractivity (Wildman–Crippen MR) is 163 cm³/mol. The minimum absolute atomic E-state index is 0.690. The zero-order valence-corrected chi connectivity index (χ0v) is 27.4. The van der Waals surface area contributed by atoms with Gasteiger partial charge in [-0.1, -0.05) is 0 Å². The third-order valence-electron chi connectivity index (χ3n) is 8.19. The Labute approximate surface area is 251 Å². The van der Waals surface area contributed by atoms with E-state index in [0.717, 1.165) is 86.9 Å². The first-order chi connectivity index (χ1) is 20.2. The molecule has 0 atom stereocenters. The Morgan fingerprint density at radius 1 is 0.619 bits per heavy atom. The van der Waals surface area contributed by atoms with E-state index in [-0.39, 0.29) is 0 Å². The summed E-state index contributed by atoms with van der Waals surface area (Å²) < 4.78 is 25.2. The van der Waals surface area contributed by atoms with Gasteiger partial charge >= 0.3 is 8.80 Å². The molecule has 3 saturated heterocycles. The Bertz CT molecular complexity index is 1230. The molecule has 3 aliphatic heterocycles. The Morgan fingerprint density at radius 2 is 1.02 bits per heavy atom. The Balaban J connectivity index is 1.28. The van der Waals surface area contributed by atoms with Crippen LogP contribution in [0.5, 0.6) is 0 Å². The second-order valence-corrected chi connectivity index (χ2v) is 14.6. The summed E-state index contributed by atoms with van der Waals surface area (Å²) in [5, 5.41) is 14.3. The fourth-order valence-electron chi connectivity index (χ4n) is 5.93. The van der Waals surface area contributed by atoms with Crippen molar-refractivity contribution in [2.45, 2.75) is 74.0 Å². The highest BCUT2D eigenvalue weighted by Crippen LogP contribution is 2.22. The maximum absolute atomic E-state index is 6.31. The van der Waals surface area contributed by atoms with E-state index in [1.807, 2.05) is 13.8 Å². The molecule has 6 heterocycles. The molecule has 232 valence electrons. The van der Waals surface area contributed by atoms with Crippen molar-refractivity contribution in [3.8, 4) is 0 Å².